The minimum Gasteiger partial charge on any atom is -0.393 e. The first-order valence-corrected chi connectivity index (χ1v) is 8.41. The zero-order chi connectivity index (χ0) is 13.3. The minimum absolute atomic E-state index is 0.0523. The first kappa shape index (κ1) is 13.6. The van der Waals surface area contributed by atoms with Crippen LogP contribution in [-0.4, -0.2) is 36.8 Å². The van der Waals surface area contributed by atoms with E-state index in [1.54, 1.807) is 0 Å². The molecule has 1 aliphatic carbocycles. The molecule has 0 aromatic carbocycles. The Kier molecular flexibility index (Phi) is 3.79. The summed E-state index contributed by atoms with van der Waals surface area (Å²) in [6, 6.07) is 0. The largest absolute Gasteiger partial charge is 0.393 e. The molecule has 0 spiro atoms. The van der Waals surface area contributed by atoms with E-state index in [1.165, 1.54) is 0 Å². The Balaban J connectivity index is 2.06. The molecule has 18 heavy (non-hydrogen) atoms. The smallest absolute Gasteiger partial charge is 0.182 e. The van der Waals surface area contributed by atoms with E-state index in [-0.39, 0.29) is 16.8 Å². The topological polar surface area (TPSA) is 105 Å². The highest BCUT2D eigenvalue weighted by molar-refractivity contribution is 7.91. The molecule has 2 unspecified atom stereocenters. The van der Waals surface area contributed by atoms with E-state index in [9.17, 15) is 13.5 Å². The highest BCUT2D eigenvalue weighted by atomic mass is 32.2. The highest BCUT2D eigenvalue weighted by Crippen LogP contribution is 2.32. The van der Waals surface area contributed by atoms with E-state index < -0.39 is 9.84 Å². The standard InChI is InChI=1S/C10H17N3O3S2/c1-18(15,16)8-9(11)13-17-10(8)12-5-6-2-3-7(14)4-6/h6-7,12,14H,2-5H2,1H3,(H2,11,13). The van der Waals surface area contributed by atoms with E-state index in [1.807, 2.05) is 0 Å². The molecule has 4 N–H and O–H groups in total. The van der Waals surface area contributed by atoms with Gasteiger partial charge in [0.2, 0.25) is 0 Å². The lowest BCUT2D eigenvalue weighted by atomic mass is 10.1. The Bertz CT molecular complexity index is 526. The second kappa shape index (κ2) is 5.02. The van der Waals surface area contributed by atoms with Crippen molar-refractivity contribution in [3.05, 3.63) is 0 Å². The molecule has 2 atom stereocenters. The van der Waals surface area contributed by atoms with Gasteiger partial charge >= 0.3 is 0 Å². The lowest BCUT2D eigenvalue weighted by Gasteiger charge is -2.11. The van der Waals surface area contributed by atoms with Gasteiger partial charge in [-0.2, -0.15) is 4.37 Å². The average Bonchev–Trinajstić information content (AvgIpc) is 2.81. The van der Waals surface area contributed by atoms with E-state index in [2.05, 4.69) is 9.69 Å². The number of hydrogen-bond acceptors (Lipinski definition) is 7. The van der Waals surface area contributed by atoms with Crippen LogP contribution in [0.1, 0.15) is 19.3 Å². The number of aliphatic hydroxyl groups excluding tert-OH is 1. The molecule has 1 fully saturated rings. The fourth-order valence-electron chi connectivity index (χ4n) is 2.24. The fourth-order valence-corrected chi connectivity index (χ4v) is 4.31. The monoisotopic (exact) mass is 291 g/mol. The summed E-state index contributed by atoms with van der Waals surface area (Å²) in [6.07, 6.45) is 3.43. The summed E-state index contributed by atoms with van der Waals surface area (Å²) in [6.45, 7) is 0.640. The Morgan fingerprint density at radius 1 is 1.56 bits per heavy atom. The summed E-state index contributed by atoms with van der Waals surface area (Å²) in [5.74, 6) is 0.423. The van der Waals surface area contributed by atoms with Crippen LogP contribution >= 0.6 is 11.5 Å². The summed E-state index contributed by atoms with van der Waals surface area (Å²) in [4.78, 5) is 0.0889. The van der Waals surface area contributed by atoms with Crippen molar-refractivity contribution in [2.24, 2.45) is 5.92 Å². The van der Waals surface area contributed by atoms with Crippen molar-refractivity contribution in [3.63, 3.8) is 0 Å². The minimum atomic E-state index is -3.37. The van der Waals surface area contributed by atoms with Gasteiger partial charge in [-0.3, -0.25) is 0 Å². The number of nitrogens with zero attached hydrogens (tertiary/aromatic N) is 1. The van der Waals surface area contributed by atoms with E-state index in [0.29, 0.717) is 17.5 Å². The van der Waals surface area contributed by atoms with Crippen LogP contribution in [0.5, 0.6) is 0 Å². The van der Waals surface area contributed by atoms with Crippen molar-refractivity contribution >= 4 is 32.2 Å². The lowest BCUT2D eigenvalue weighted by Crippen LogP contribution is -2.13. The summed E-state index contributed by atoms with van der Waals surface area (Å²) in [7, 11) is -3.37. The van der Waals surface area contributed by atoms with Gasteiger partial charge in [-0.15, -0.1) is 0 Å². The summed E-state index contributed by atoms with van der Waals surface area (Å²) < 4.78 is 27.1. The Labute approximate surface area is 110 Å². The molecular formula is C10H17N3O3S2. The maximum atomic E-state index is 11.6. The van der Waals surface area contributed by atoms with Gasteiger partial charge in [-0.1, -0.05) is 0 Å². The van der Waals surface area contributed by atoms with Crippen LogP contribution in [0.2, 0.25) is 0 Å². The average molecular weight is 291 g/mol. The van der Waals surface area contributed by atoms with Crippen LogP contribution < -0.4 is 11.1 Å². The number of nitrogens with two attached hydrogens (primary N) is 1. The maximum Gasteiger partial charge on any atom is 0.182 e. The molecule has 1 heterocycles. The highest BCUT2D eigenvalue weighted by Gasteiger charge is 2.25. The summed E-state index contributed by atoms with van der Waals surface area (Å²) in [5.41, 5.74) is 5.57. The van der Waals surface area contributed by atoms with Crippen molar-refractivity contribution in [2.75, 3.05) is 23.9 Å². The quantitative estimate of drug-likeness (QED) is 0.754. The Morgan fingerprint density at radius 3 is 2.83 bits per heavy atom. The summed E-state index contributed by atoms with van der Waals surface area (Å²) in [5, 5.41) is 13.0. The van der Waals surface area contributed by atoms with E-state index in [4.69, 9.17) is 5.73 Å². The molecule has 0 aliphatic heterocycles. The van der Waals surface area contributed by atoms with Crippen LogP contribution in [0.15, 0.2) is 4.90 Å². The molecule has 1 saturated carbocycles. The molecule has 0 radical (unpaired) electrons. The van der Waals surface area contributed by atoms with Crippen LogP contribution in [0.3, 0.4) is 0 Å². The van der Waals surface area contributed by atoms with Crippen molar-refractivity contribution in [1.29, 1.82) is 0 Å². The first-order valence-electron chi connectivity index (χ1n) is 5.75. The molecular weight excluding hydrogens is 274 g/mol. The number of nitrogen functional groups attached to an aromatic ring is 1. The lowest BCUT2D eigenvalue weighted by molar-refractivity contribution is 0.178. The number of sulfone groups is 1. The summed E-state index contributed by atoms with van der Waals surface area (Å²) >= 11 is 1.06. The van der Waals surface area contributed by atoms with E-state index in [0.717, 1.165) is 37.1 Å². The normalized spacial score (nSPS) is 24.3. The number of hydrogen-bond donors (Lipinski definition) is 3. The maximum absolute atomic E-state index is 11.6. The molecule has 0 amide bonds. The fraction of sp³-hybridized carbons (Fsp3) is 0.700. The van der Waals surface area contributed by atoms with Crippen LogP contribution in [0, 0.1) is 5.92 Å². The first-order chi connectivity index (χ1) is 8.38. The van der Waals surface area contributed by atoms with Gasteiger partial charge < -0.3 is 16.2 Å². The third kappa shape index (κ3) is 2.93. The molecule has 1 aromatic heterocycles. The number of aliphatic hydroxyl groups is 1. The van der Waals surface area contributed by atoms with E-state index >= 15 is 0 Å². The molecule has 8 heteroatoms. The Hall–Kier alpha value is -0.860. The van der Waals surface area contributed by atoms with Gasteiger partial charge in [0.25, 0.3) is 0 Å². The number of aromatic nitrogens is 1. The third-order valence-corrected chi connectivity index (χ3v) is 5.21. The van der Waals surface area contributed by atoms with Gasteiger partial charge in [0, 0.05) is 12.8 Å². The predicted molar refractivity (Wildman–Crippen MR) is 71.5 cm³/mol. The third-order valence-electron chi connectivity index (χ3n) is 3.11. The molecule has 1 aromatic rings. The molecule has 2 rings (SSSR count). The number of rotatable bonds is 4. The zero-order valence-corrected chi connectivity index (χ0v) is 11.7. The molecule has 0 bridgehead atoms. The van der Waals surface area contributed by atoms with Gasteiger partial charge in [0.15, 0.2) is 15.7 Å². The molecule has 1 aliphatic rings. The van der Waals surface area contributed by atoms with Crippen LogP contribution in [0.4, 0.5) is 10.8 Å². The van der Waals surface area contributed by atoms with Gasteiger partial charge in [-0.05, 0) is 36.7 Å². The van der Waals surface area contributed by atoms with Crippen LogP contribution in [-0.2, 0) is 9.84 Å². The molecule has 0 saturated heterocycles. The van der Waals surface area contributed by atoms with Crippen LogP contribution in [0.25, 0.3) is 0 Å². The SMILES string of the molecule is CS(=O)(=O)c1c(N)nsc1NCC1CCC(O)C1. The second-order valence-corrected chi connectivity index (χ2v) is 7.44. The number of anilines is 2. The predicted octanol–water partition coefficient (Wildman–Crippen LogP) is 0.702. The van der Waals surface area contributed by atoms with Gasteiger partial charge in [-0.25, -0.2) is 8.42 Å². The van der Waals surface area contributed by atoms with Crippen molar-refractivity contribution in [2.45, 2.75) is 30.3 Å². The van der Waals surface area contributed by atoms with Crippen molar-refractivity contribution in [1.82, 2.24) is 4.37 Å². The van der Waals surface area contributed by atoms with Gasteiger partial charge in [0.1, 0.15) is 9.90 Å². The zero-order valence-electron chi connectivity index (χ0n) is 10.1. The van der Waals surface area contributed by atoms with Crippen molar-refractivity contribution < 1.29 is 13.5 Å². The Morgan fingerprint density at radius 2 is 2.28 bits per heavy atom. The molecule has 6 nitrogen and oxygen atoms in total. The molecule has 102 valence electrons. The van der Waals surface area contributed by atoms with Crippen molar-refractivity contribution in [3.8, 4) is 0 Å². The number of nitrogens with one attached hydrogen (secondary N) is 1. The second-order valence-electron chi connectivity index (χ2n) is 4.71. The van der Waals surface area contributed by atoms with Gasteiger partial charge in [0.05, 0.1) is 6.10 Å².